The second-order valence-electron chi connectivity index (χ2n) is 5.08. The summed E-state index contributed by atoms with van der Waals surface area (Å²) in [5.74, 6) is 0.369. The van der Waals surface area contributed by atoms with Gasteiger partial charge >= 0.3 is 5.97 Å². The van der Waals surface area contributed by atoms with Gasteiger partial charge in [0.15, 0.2) is 0 Å². The van der Waals surface area contributed by atoms with Gasteiger partial charge in [0, 0.05) is 18.6 Å². The average Bonchev–Trinajstić information content (AvgIpc) is 2.81. The molecule has 0 amide bonds. The number of ether oxygens (including phenoxy) is 1. The first kappa shape index (κ1) is 14.1. The molecule has 0 radical (unpaired) electrons. The third-order valence-corrected chi connectivity index (χ3v) is 3.64. The van der Waals surface area contributed by atoms with E-state index in [1.807, 2.05) is 0 Å². The Morgan fingerprint density at radius 1 is 1.63 bits per heavy atom. The maximum atomic E-state index is 11.8. The van der Waals surface area contributed by atoms with Crippen LogP contribution in [0.4, 0.5) is 0 Å². The van der Waals surface area contributed by atoms with Crippen LogP contribution >= 0.6 is 0 Å². The van der Waals surface area contributed by atoms with Crippen LogP contribution in [-0.4, -0.2) is 36.1 Å². The Kier molecular flexibility index (Phi) is 4.61. The summed E-state index contributed by atoms with van der Waals surface area (Å²) in [6.45, 7) is 5.90. The van der Waals surface area contributed by atoms with Crippen molar-refractivity contribution in [3.63, 3.8) is 0 Å². The Labute approximate surface area is 113 Å². The SMILES string of the molecule is CCOC(=O)c1ccoc1CN1CCC(N)CC1C. The molecule has 1 fully saturated rings. The molecule has 1 aliphatic rings. The Balaban J connectivity index is 2.03. The van der Waals surface area contributed by atoms with Gasteiger partial charge in [-0.25, -0.2) is 4.79 Å². The fourth-order valence-corrected chi connectivity index (χ4v) is 2.53. The lowest BCUT2D eigenvalue weighted by Gasteiger charge is -2.35. The molecular formula is C14H22N2O3. The highest BCUT2D eigenvalue weighted by Gasteiger charge is 2.26. The molecule has 0 aliphatic carbocycles. The molecule has 1 aromatic heterocycles. The second kappa shape index (κ2) is 6.21. The highest BCUT2D eigenvalue weighted by atomic mass is 16.5. The zero-order valence-electron chi connectivity index (χ0n) is 11.6. The van der Waals surface area contributed by atoms with Crippen molar-refractivity contribution >= 4 is 5.97 Å². The molecule has 2 rings (SSSR count). The smallest absolute Gasteiger partial charge is 0.341 e. The highest BCUT2D eigenvalue weighted by Crippen LogP contribution is 2.21. The number of nitrogens with two attached hydrogens (primary N) is 1. The van der Waals surface area contributed by atoms with Crippen LogP contribution in [-0.2, 0) is 11.3 Å². The number of hydrogen-bond acceptors (Lipinski definition) is 5. The van der Waals surface area contributed by atoms with E-state index in [0.717, 1.165) is 19.4 Å². The standard InChI is InChI=1S/C14H22N2O3/c1-3-18-14(17)12-5-7-19-13(12)9-16-6-4-11(15)8-10(16)2/h5,7,10-11H,3-4,6,8-9,15H2,1-2H3. The van der Waals surface area contributed by atoms with Crippen LogP contribution in [0, 0.1) is 0 Å². The minimum absolute atomic E-state index is 0.285. The third-order valence-electron chi connectivity index (χ3n) is 3.64. The number of piperidine rings is 1. The van der Waals surface area contributed by atoms with E-state index in [4.69, 9.17) is 14.9 Å². The van der Waals surface area contributed by atoms with E-state index in [2.05, 4.69) is 11.8 Å². The molecule has 2 N–H and O–H groups in total. The van der Waals surface area contributed by atoms with Gasteiger partial charge in [-0.3, -0.25) is 4.90 Å². The van der Waals surface area contributed by atoms with Gasteiger partial charge in [0.1, 0.15) is 11.3 Å². The maximum Gasteiger partial charge on any atom is 0.341 e. The summed E-state index contributed by atoms with van der Waals surface area (Å²) in [5.41, 5.74) is 6.49. The van der Waals surface area contributed by atoms with Crippen molar-refractivity contribution in [2.24, 2.45) is 5.73 Å². The van der Waals surface area contributed by atoms with E-state index < -0.39 is 0 Å². The number of rotatable bonds is 4. The topological polar surface area (TPSA) is 68.7 Å². The van der Waals surface area contributed by atoms with Crippen molar-refractivity contribution in [2.75, 3.05) is 13.2 Å². The molecule has 0 saturated carbocycles. The minimum atomic E-state index is -0.312. The molecule has 106 valence electrons. The third kappa shape index (κ3) is 3.36. The quantitative estimate of drug-likeness (QED) is 0.841. The number of carbonyl (C=O) groups excluding carboxylic acids is 1. The lowest BCUT2D eigenvalue weighted by Crippen LogP contribution is -2.45. The molecule has 2 atom stereocenters. The van der Waals surface area contributed by atoms with E-state index in [-0.39, 0.29) is 12.0 Å². The Hall–Kier alpha value is -1.33. The van der Waals surface area contributed by atoms with Crippen LogP contribution in [0.1, 0.15) is 42.8 Å². The van der Waals surface area contributed by atoms with Crippen molar-refractivity contribution in [1.29, 1.82) is 0 Å². The number of furan rings is 1. The Morgan fingerprint density at radius 3 is 3.11 bits per heavy atom. The summed E-state index contributed by atoms with van der Waals surface area (Å²) >= 11 is 0. The normalized spacial score (nSPS) is 24.4. The molecular weight excluding hydrogens is 244 g/mol. The van der Waals surface area contributed by atoms with E-state index in [1.54, 1.807) is 19.3 Å². The minimum Gasteiger partial charge on any atom is -0.467 e. The molecule has 1 saturated heterocycles. The molecule has 5 nitrogen and oxygen atoms in total. The maximum absolute atomic E-state index is 11.8. The summed E-state index contributed by atoms with van der Waals surface area (Å²) < 4.78 is 10.5. The first-order valence-corrected chi connectivity index (χ1v) is 6.85. The summed E-state index contributed by atoms with van der Waals surface area (Å²) in [4.78, 5) is 14.1. The van der Waals surface area contributed by atoms with Crippen LogP contribution < -0.4 is 5.73 Å². The molecule has 2 heterocycles. The molecule has 0 spiro atoms. The predicted molar refractivity (Wildman–Crippen MR) is 71.7 cm³/mol. The van der Waals surface area contributed by atoms with E-state index >= 15 is 0 Å². The summed E-state index contributed by atoms with van der Waals surface area (Å²) in [5, 5.41) is 0. The highest BCUT2D eigenvalue weighted by molar-refractivity contribution is 5.90. The van der Waals surface area contributed by atoms with Crippen molar-refractivity contribution in [1.82, 2.24) is 4.90 Å². The number of likely N-dealkylation sites (tertiary alicyclic amines) is 1. The Bertz CT molecular complexity index is 430. The van der Waals surface area contributed by atoms with Crippen LogP contribution in [0.3, 0.4) is 0 Å². The number of esters is 1. The summed E-state index contributed by atoms with van der Waals surface area (Å²) in [7, 11) is 0. The van der Waals surface area contributed by atoms with E-state index in [0.29, 0.717) is 30.5 Å². The number of nitrogens with zero attached hydrogens (tertiary/aromatic N) is 1. The number of carbonyl (C=O) groups is 1. The van der Waals surface area contributed by atoms with Gasteiger partial charge in [-0.2, -0.15) is 0 Å². The van der Waals surface area contributed by atoms with Crippen molar-refractivity contribution in [3.05, 3.63) is 23.7 Å². The molecule has 5 heteroatoms. The zero-order chi connectivity index (χ0) is 13.8. The largest absolute Gasteiger partial charge is 0.467 e. The average molecular weight is 266 g/mol. The fraction of sp³-hybridized carbons (Fsp3) is 0.643. The molecule has 2 unspecified atom stereocenters. The van der Waals surface area contributed by atoms with Crippen LogP contribution in [0.2, 0.25) is 0 Å². The molecule has 19 heavy (non-hydrogen) atoms. The monoisotopic (exact) mass is 266 g/mol. The van der Waals surface area contributed by atoms with Gasteiger partial charge in [-0.1, -0.05) is 0 Å². The van der Waals surface area contributed by atoms with Gasteiger partial charge < -0.3 is 14.9 Å². The summed E-state index contributed by atoms with van der Waals surface area (Å²) in [6, 6.07) is 2.37. The van der Waals surface area contributed by atoms with Gasteiger partial charge in [0.05, 0.1) is 19.4 Å². The van der Waals surface area contributed by atoms with Crippen LogP contribution in [0.15, 0.2) is 16.7 Å². The van der Waals surface area contributed by atoms with Gasteiger partial charge in [0.2, 0.25) is 0 Å². The molecule has 1 aliphatic heterocycles. The second-order valence-corrected chi connectivity index (χ2v) is 5.08. The lowest BCUT2D eigenvalue weighted by atomic mass is 9.99. The van der Waals surface area contributed by atoms with Crippen molar-refractivity contribution in [3.8, 4) is 0 Å². The van der Waals surface area contributed by atoms with E-state index in [9.17, 15) is 4.79 Å². The molecule has 1 aromatic rings. The van der Waals surface area contributed by atoms with Gasteiger partial charge in [-0.05, 0) is 32.8 Å². The van der Waals surface area contributed by atoms with Crippen LogP contribution in [0.5, 0.6) is 0 Å². The molecule has 0 aromatic carbocycles. The molecule has 0 bridgehead atoms. The summed E-state index contributed by atoms with van der Waals surface area (Å²) in [6.07, 6.45) is 3.51. The van der Waals surface area contributed by atoms with Crippen molar-refractivity contribution < 1.29 is 13.9 Å². The van der Waals surface area contributed by atoms with E-state index in [1.165, 1.54) is 0 Å². The van der Waals surface area contributed by atoms with Crippen LogP contribution in [0.25, 0.3) is 0 Å². The first-order valence-electron chi connectivity index (χ1n) is 6.85. The van der Waals surface area contributed by atoms with Crippen molar-refractivity contribution in [2.45, 2.75) is 45.3 Å². The van der Waals surface area contributed by atoms with Gasteiger partial charge in [0.25, 0.3) is 0 Å². The Morgan fingerprint density at radius 2 is 2.42 bits per heavy atom. The first-order chi connectivity index (χ1) is 9.11. The zero-order valence-corrected chi connectivity index (χ0v) is 11.6. The van der Waals surface area contributed by atoms with Gasteiger partial charge in [-0.15, -0.1) is 0 Å². The number of hydrogen-bond donors (Lipinski definition) is 1. The fourth-order valence-electron chi connectivity index (χ4n) is 2.53. The lowest BCUT2D eigenvalue weighted by molar-refractivity contribution is 0.0519. The predicted octanol–water partition coefficient (Wildman–Crippen LogP) is 1.77.